The van der Waals surface area contributed by atoms with Crippen molar-refractivity contribution in [3.63, 3.8) is 0 Å². The summed E-state index contributed by atoms with van der Waals surface area (Å²) in [4.78, 5) is 22.2. The number of carbonyl (C=O) groups excluding carboxylic acids is 1. The first kappa shape index (κ1) is 26.8. The van der Waals surface area contributed by atoms with Crippen molar-refractivity contribution in [2.45, 2.75) is 38.4 Å². The monoisotopic (exact) mass is 569 g/mol. The van der Waals surface area contributed by atoms with E-state index < -0.39 is 33.8 Å². The van der Waals surface area contributed by atoms with Gasteiger partial charge in [0.1, 0.15) is 17.8 Å². The zero-order valence-electron chi connectivity index (χ0n) is 20.6. The summed E-state index contributed by atoms with van der Waals surface area (Å²) in [6.45, 7) is 1.95. The van der Waals surface area contributed by atoms with Crippen LogP contribution in [0.1, 0.15) is 39.9 Å². The van der Waals surface area contributed by atoms with E-state index in [9.17, 15) is 30.8 Å². The minimum absolute atomic E-state index is 0.0144. The molecule has 4 heterocycles. The molecule has 3 aromatic rings. The van der Waals surface area contributed by atoms with E-state index in [0.29, 0.717) is 55.1 Å². The van der Waals surface area contributed by atoms with Crippen LogP contribution in [0.5, 0.6) is 0 Å². The molecular formula is C23H23F4N7O4S. The molecule has 0 fully saturated rings. The number of amides is 1. The second-order valence-electron chi connectivity index (χ2n) is 8.83. The SMILES string of the molecule is CCc1nc2nc3c(cn2c1C(=O)NCc1ccc(N2CCN(S(=O)(=O)C(F)(F)F)C=N2)c(F)c1)CCOC3. The lowest BCUT2D eigenvalue weighted by Crippen LogP contribution is -2.46. The Morgan fingerprint density at radius 3 is 2.67 bits per heavy atom. The molecule has 0 radical (unpaired) electrons. The molecule has 0 saturated heterocycles. The lowest BCUT2D eigenvalue weighted by atomic mass is 10.1. The number of anilines is 1. The van der Waals surface area contributed by atoms with Gasteiger partial charge in [0.25, 0.3) is 5.91 Å². The van der Waals surface area contributed by atoms with Gasteiger partial charge in [-0.2, -0.15) is 26.7 Å². The van der Waals surface area contributed by atoms with E-state index in [4.69, 9.17) is 4.74 Å². The number of rotatable bonds is 6. The topological polar surface area (TPSA) is 122 Å². The minimum atomic E-state index is -5.57. The number of fused-ring (bicyclic) bond motifs is 2. The summed E-state index contributed by atoms with van der Waals surface area (Å²) in [6, 6.07) is 4.05. The standard InChI is InChI=1S/C23H23F4N7O4S/c1-2-17-20(33-11-15-5-8-38-12-18(15)31-22(33)30-17)21(35)28-10-14-3-4-19(16(24)9-14)34-7-6-32(13-29-34)39(36,37)23(25,26)27/h3-4,9,11,13H,2,5-8,10,12H2,1H3,(H,28,35). The third-order valence-electron chi connectivity index (χ3n) is 6.36. The van der Waals surface area contributed by atoms with Gasteiger partial charge in [0.15, 0.2) is 0 Å². The van der Waals surface area contributed by atoms with Crippen LogP contribution < -0.4 is 10.3 Å². The number of nitrogens with one attached hydrogen (secondary N) is 1. The summed E-state index contributed by atoms with van der Waals surface area (Å²) in [6.07, 6.45) is 3.51. The summed E-state index contributed by atoms with van der Waals surface area (Å²) in [5, 5.41) is 7.49. The number of sulfonamides is 1. The number of alkyl halides is 3. The number of aromatic nitrogens is 3. The van der Waals surface area contributed by atoms with Crippen molar-refractivity contribution < 1.29 is 35.5 Å². The number of ether oxygens (including phenoxy) is 1. The highest BCUT2D eigenvalue weighted by atomic mass is 32.2. The Morgan fingerprint density at radius 2 is 2.00 bits per heavy atom. The van der Waals surface area contributed by atoms with Crippen molar-refractivity contribution in [1.82, 2.24) is 24.0 Å². The molecule has 0 unspecified atom stereocenters. The van der Waals surface area contributed by atoms with Gasteiger partial charge < -0.3 is 10.1 Å². The third-order valence-corrected chi connectivity index (χ3v) is 7.84. The first-order chi connectivity index (χ1) is 18.5. The number of halogens is 4. The predicted octanol–water partition coefficient (Wildman–Crippen LogP) is 2.35. The fourth-order valence-corrected chi connectivity index (χ4v) is 5.08. The Morgan fingerprint density at radius 1 is 1.21 bits per heavy atom. The van der Waals surface area contributed by atoms with Gasteiger partial charge >= 0.3 is 15.5 Å². The summed E-state index contributed by atoms with van der Waals surface area (Å²) in [5.74, 6) is -0.766. The van der Waals surface area contributed by atoms with Gasteiger partial charge in [0.2, 0.25) is 5.78 Å². The molecule has 208 valence electrons. The van der Waals surface area contributed by atoms with Crippen molar-refractivity contribution in [2.75, 3.05) is 24.7 Å². The highest BCUT2D eigenvalue weighted by molar-refractivity contribution is 7.90. The maximum Gasteiger partial charge on any atom is 0.516 e. The number of hydrogen-bond acceptors (Lipinski definition) is 8. The van der Waals surface area contributed by atoms with E-state index in [1.54, 1.807) is 4.40 Å². The average molecular weight is 570 g/mol. The fraction of sp³-hybridized carbons (Fsp3) is 0.391. The molecule has 1 aromatic carbocycles. The predicted molar refractivity (Wildman–Crippen MR) is 131 cm³/mol. The Labute approximate surface area is 220 Å². The van der Waals surface area contributed by atoms with Gasteiger partial charge in [-0.15, -0.1) is 0 Å². The molecule has 0 bridgehead atoms. The van der Waals surface area contributed by atoms with Crippen LogP contribution in [0.2, 0.25) is 0 Å². The van der Waals surface area contributed by atoms with Crippen LogP contribution in [0.15, 0.2) is 29.5 Å². The van der Waals surface area contributed by atoms with Crippen LogP contribution in [-0.4, -0.2) is 64.5 Å². The lowest BCUT2D eigenvalue weighted by Gasteiger charge is -2.29. The molecule has 0 atom stereocenters. The Kier molecular flexibility index (Phi) is 6.92. The summed E-state index contributed by atoms with van der Waals surface area (Å²) in [7, 11) is -5.57. The van der Waals surface area contributed by atoms with Gasteiger partial charge in [0.05, 0.1) is 43.4 Å². The molecule has 2 aliphatic rings. The molecule has 5 rings (SSSR count). The van der Waals surface area contributed by atoms with Crippen LogP contribution >= 0.6 is 0 Å². The number of imidazole rings is 1. The second kappa shape index (κ2) is 10.1. The summed E-state index contributed by atoms with van der Waals surface area (Å²) >= 11 is 0. The van der Waals surface area contributed by atoms with Crippen LogP contribution in [0.25, 0.3) is 5.78 Å². The zero-order chi connectivity index (χ0) is 27.9. The summed E-state index contributed by atoms with van der Waals surface area (Å²) < 4.78 is 83.3. The Hall–Kier alpha value is -3.79. The van der Waals surface area contributed by atoms with Gasteiger partial charge in [0, 0.05) is 12.7 Å². The van der Waals surface area contributed by atoms with Crippen molar-refractivity contribution in [1.29, 1.82) is 0 Å². The normalized spacial score (nSPS) is 16.0. The molecule has 16 heteroatoms. The maximum atomic E-state index is 14.9. The molecule has 2 aliphatic heterocycles. The van der Waals surface area contributed by atoms with E-state index in [1.165, 1.54) is 12.1 Å². The Bertz CT molecular complexity index is 1570. The van der Waals surface area contributed by atoms with Crippen molar-refractivity contribution in [3.05, 3.63) is 58.4 Å². The number of carbonyl (C=O) groups is 1. The van der Waals surface area contributed by atoms with E-state index in [1.807, 2.05) is 13.1 Å². The molecule has 11 nitrogen and oxygen atoms in total. The molecule has 0 aliphatic carbocycles. The van der Waals surface area contributed by atoms with Gasteiger partial charge in [-0.25, -0.2) is 18.7 Å². The quantitative estimate of drug-likeness (QED) is 0.453. The van der Waals surface area contributed by atoms with Crippen molar-refractivity contribution in [3.8, 4) is 0 Å². The highest BCUT2D eigenvalue weighted by Gasteiger charge is 2.50. The van der Waals surface area contributed by atoms with E-state index in [0.717, 1.165) is 22.3 Å². The molecular weight excluding hydrogens is 546 g/mol. The van der Waals surface area contributed by atoms with Crippen LogP contribution in [0.4, 0.5) is 23.2 Å². The fourth-order valence-electron chi connectivity index (χ4n) is 4.32. The molecule has 0 saturated carbocycles. The number of benzene rings is 1. The van der Waals surface area contributed by atoms with E-state index in [-0.39, 0.29) is 23.1 Å². The lowest BCUT2D eigenvalue weighted by molar-refractivity contribution is -0.0471. The van der Waals surface area contributed by atoms with Crippen molar-refractivity contribution in [2.24, 2.45) is 5.10 Å². The summed E-state index contributed by atoms with van der Waals surface area (Å²) in [5.41, 5.74) is -2.44. The third kappa shape index (κ3) is 5.01. The van der Waals surface area contributed by atoms with Crippen LogP contribution in [0, 0.1) is 5.82 Å². The number of aryl methyl sites for hydroxylation is 1. The number of hydrogen-bond donors (Lipinski definition) is 1. The maximum absolute atomic E-state index is 14.9. The highest BCUT2D eigenvalue weighted by Crippen LogP contribution is 2.28. The molecule has 1 amide bonds. The van der Waals surface area contributed by atoms with Crippen LogP contribution in [-0.2, 0) is 40.8 Å². The van der Waals surface area contributed by atoms with Gasteiger partial charge in [-0.3, -0.25) is 14.2 Å². The molecule has 1 N–H and O–H groups in total. The molecule has 39 heavy (non-hydrogen) atoms. The number of hydrazone groups is 1. The smallest absolute Gasteiger partial charge is 0.375 e. The first-order valence-corrected chi connectivity index (χ1v) is 13.4. The largest absolute Gasteiger partial charge is 0.516 e. The van der Waals surface area contributed by atoms with Crippen molar-refractivity contribution >= 4 is 33.7 Å². The average Bonchev–Trinajstić information content (AvgIpc) is 3.27. The first-order valence-electron chi connectivity index (χ1n) is 11.9. The van der Waals surface area contributed by atoms with Crippen LogP contribution in [0.3, 0.4) is 0 Å². The minimum Gasteiger partial charge on any atom is -0.375 e. The Balaban J connectivity index is 1.29. The molecule has 0 spiro atoms. The zero-order valence-corrected chi connectivity index (χ0v) is 21.4. The van der Waals surface area contributed by atoms with Gasteiger partial charge in [-0.1, -0.05) is 13.0 Å². The van der Waals surface area contributed by atoms with E-state index >= 15 is 0 Å². The van der Waals surface area contributed by atoms with E-state index in [2.05, 4.69) is 20.4 Å². The number of nitrogens with zero attached hydrogens (tertiary/aromatic N) is 6. The van der Waals surface area contributed by atoms with Gasteiger partial charge in [-0.05, 0) is 36.1 Å². The molecule has 2 aromatic heterocycles. The second-order valence-corrected chi connectivity index (χ2v) is 10.7.